The Kier molecular flexibility index (Phi) is 6.42. The van der Waals surface area contributed by atoms with Gasteiger partial charge in [-0.15, -0.1) is 0 Å². The van der Waals surface area contributed by atoms with E-state index in [0.717, 1.165) is 18.6 Å². The van der Waals surface area contributed by atoms with Crippen LogP contribution in [0.1, 0.15) is 55.0 Å². The van der Waals surface area contributed by atoms with Crippen LogP contribution in [-0.2, 0) is 22.4 Å². The predicted octanol–water partition coefficient (Wildman–Crippen LogP) is 4.73. The second-order valence-corrected chi connectivity index (χ2v) is 10.9. The van der Waals surface area contributed by atoms with Gasteiger partial charge in [0.1, 0.15) is 16.2 Å². The SMILES string of the molecule is O=S1(=O)CCC(CCc2ncnc(N3CCC[C@@H]3c3ccc(C(F)(F)F)cc3)c2F)CC1. The summed E-state index contributed by atoms with van der Waals surface area (Å²) in [6, 6.07) is 4.75. The van der Waals surface area contributed by atoms with E-state index in [2.05, 4.69) is 9.97 Å². The second-order valence-electron chi connectivity index (χ2n) is 8.56. The molecule has 2 aromatic rings. The number of halogens is 4. The summed E-state index contributed by atoms with van der Waals surface area (Å²) < 4.78 is 77.1. The first-order valence-corrected chi connectivity index (χ1v) is 12.6. The van der Waals surface area contributed by atoms with E-state index in [0.29, 0.717) is 49.9 Å². The molecule has 0 amide bonds. The van der Waals surface area contributed by atoms with Gasteiger partial charge in [-0.3, -0.25) is 0 Å². The summed E-state index contributed by atoms with van der Waals surface area (Å²) in [4.78, 5) is 10.1. The highest BCUT2D eigenvalue weighted by Crippen LogP contribution is 2.38. The Morgan fingerprint density at radius 2 is 1.72 bits per heavy atom. The Hall–Kier alpha value is -2.23. The van der Waals surface area contributed by atoms with Crippen molar-refractivity contribution in [3.8, 4) is 0 Å². The van der Waals surface area contributed by atoms with Gasteiger partial charge in [0.15, 0.2) is 11.6 Å². The number of benzene rings is 1. The van der Waals surface area contributed by atoms with Crippen molar-refractivity contribution >= 4 is 15.7 Å². The van der Waals surface area contributed by atoms with Crippen LogP contribution in [0.4, 0.5) is 23.4 Å². The third-order valence-corrected chi connectivity index (χ3v) is 8.17. The minimum Gasteiger partial charge on any atom is -0.347 e. The first-order valence-electron chi connectivity index (χ1n) is 10.8. The highest BCUT2D eigenvalue weighted by molar-refractivity contribution is 7.91. The van der Waals surface area contributed by atoms with Gasteiger partial charge in [0.2, 0.25) is 0 Å². The lowest BCUT2D eigenvalue weighted by Crippen LogP contribution is -2.26. The van der Waals surface area contributed by atoms with E-state index >= 15 is 4.39 Å². The molecule has 0 spiro atoms. The maximum Gasteiger partial charge on any atom is 0.416 e. The van der Waals surface area contributed by atoms with Crippen LogP contribution in [-0.4, -0.2) is 36.4 Å². The zero-order chi connectivity index (χ0) is 22.9. The number of anilines is 1. The maximum absolute atomic E-state index is 15.3. The number of sulfone groups is 1. The molecule has 0 saturated carbocycles. The Labute approximate surface area is 184 Å². The van der Waals surface area contributed by atoms with Gasteiger partial charge in [-0.25, -0.2) is 22.8 Å². The lowest BCUT2D eigenvalue weighted by atomic mass is 9.96. The summed E-state index contributed by atoms with van der Waals surface area (Å²) in [7, 11) is -2.94. The van der Waals surface area contributed by atoms with Gasteiger partial charge in [0.25, 0.3) is 0 Å². The van der Waals surface area contributed by atoms with Crippen LogP contribution in [0.2, 0.25) is 0 Å². The van der Waals surface area contributed by atoms with E-state index in [-0.39, 0.29) is 29.3 Å². The van der Waals surface area contributed by atoms with Gasteiger partial charge in [0.05, 0.1) is 28.8 Å². The zero-order valence-corrected chi connectivity index (χ0v) is 18.3. The Morgan fingerprint density at radius 1 is 1.03 bits per heavy atom. The molecule has 0 radical (unpaired) electrons. The standard InChI is InChI=1S/C22H25F4N3O2S/c23-20-18(8-3-15-9-12-32(30,31)13-10-15)27-14-28-21(20)29-11-1-2-19(29)16-4-6-17(7-5-16)22(24,25)26/h4-7,14-15,19H,1-3,8-13H2/t19-/m1/s1. The molecule has 0 bridgehead atoms. The third kappa shape index (κ3) is 5.05. The molecule has 10 heteroatoms. The van der Waals surface area contributed by atoms with Crippen LogP contribution in [0.5, 0.6) is 0 Å². The highest BCUT2D eigenvalue weighted by atomic mass is 32.2. The van der Waals surface area contributed by atoms with E-state index in [4.69, 9.17) is 0 Å². The van der Waals surface area contributed by atoms with Crippen LogP contribution in [0, 0.1) is 11.7 Å². The maximum atomic E-state index is 15.3. The third-order valence-electron chi connectivity index (χ3n) is 6.45. The molecule has 0 unspecified atom stereocenters. The van der Waals surface area contributed by atoms with Gasteiger partial charge >= 0.3 is 6.18 Å². The number of alkyl halides is 3. The van der Waals surface area contributed by atoms with Crippen molar-refractivity contribution < 1.29 is 26.0 Å². The molecule has 174 valence electrons. The number of aryl methyl sites for hydroxylation is 1. The van der Waals surface area contributed by atoms with Gasteiger partial charge in [0, 0.05) is 6.54 Å². The Bertz CT molecular complexity index is 1040. The summed E-state index contributed by atoms with van der Waals surface area (Å²) >= 11 is 0. The van der Waals surface area contributed by atoms with Crippen molar-refractivity contribution in [3.63, 3.8) is 0 Å². The normalized spacial score (nSPS) is 21.8. The molecule has 4 rings (SSSR count). The molecule has 1 atom stereocenters. The topological polar surface area (TPSA) is 63.2 Å². The largest absolute Gasteiger partial charge is 0.416 e. The van der Waals surface area contributed by atoms with Crippen LogP contribution in [0.25, 0.3) is 0 Å². The average molecular weight is 472 g/mol. The van der Waals surface area contributed by atoms with Crippen LogP contribution in [0.3, 0.4) is 0 Å². The van der Waals surface area contributed by atoms with Crippen LogP contribution >= 0.6 is 0 Å². The first kappa shape index (κ1) is 22.9. The summed E-state index contributed by atoms with van der Waals surface area (Å²) in [5, 5.41) is 0. The minimum atomic E-state index is -4.40. The van der Waals surface area contributed by atoms with Gasteiger partial charge in [-0.1, -0.05) is 12.1 Å². The smallest absolute Gasteiger partial charge is 0.347 e. The van der Waals surface area contributed by atoms with E-state index < -0.39 is 27.4 Å². The number of hydrogen-bond acceptors (Lipinski definition) is 5. The fourth-order valence-corrected chi connectivity index (χ4v) is 6.19. The van der Waals surface area contributed by atoms with Crippen molar-refractivity contribution in [1.82, 2.24) is 9.97 Å². The fraction of sp³-hybridized carbons (Fsp3) is 0.545. The molecule has 3 heterocycles. The van der Waals surface area contributed by atoms with Crippen LogP contribution < -0.4 is 4.90 Å². The number of aromatic nitrogens is 2. The lowest BCUT2D eigenvalue weighted by molar-refractivity contribution is -0.137. The molecule has 2 saturated heterocycles. The van der Waals surface area contributed by atoms with Crippen molar-refractivity contribution in [2.45, 2.75) is 50.7 Å². The summed E-state index contributed by atoms with van der Waals surface area (Å²) in [6.07, 6.45) is 0.622. The number of hydrogen-bond donors (Lipinski definition) is 0. The van der Waals surface area contributed by atoms with Crippen LogP contribution in [0.15, 0.2) is 30.6 Å². The summed E-state index contributed by atoms with van der Waals surface area (Å²) in [5.41, 5.74) is 0.275. The second kappa shape index (κ2) is 8.96. The molecule has 2 fully saturated rings. The van der Waals surface area contributed by atoms with Gasteiger partial charge in [-0.05, 0) is 62.1 Å². The molecule has 1 aromatic heterocycles. The van der Waals surface area contributed by atoms with Crippen molar-refractivity contribution in [1.29, 1.82) is 0 Å². The average Bonchev–Trinajstić information content (AvgIpc) is 3.23. The van der Waals surface area contributed by atoms with E-state index in [9.17, 15) is 21.6 Å². The van der Waals surface area contributed by atoms with Crippen molar-refractivity contribution in [2.75, 3.05) is 23.0 Å². The Balaban J connectivity index is 1.48. The summed E-state index contributed by atoms with van der Waals surface area (Å²) in [5.74, 6) is 0.247. The van der Waals surface area contributed by atoms with Crippen molar-refractivity contribution in [2.24, 2.45) is 5.92 Å². The lowest BCUT2D eigenvalue weighted by Gasteiger charge is -2.27. The van der Waals surface area contributed by atoms with E-state index in [1.807, 2.05) is 0 Å². The van der Waals surface area contributed by atoms with E-state index in [1.54, 1.807) is 4.90 Å². The number of rotatable bonds is 5. The summed E-state index contributed by atoms with van der Waals surface area (Å²) in [6.45, 7) is 0.555. The molecule has 2 aliphatic heterocycles. The molecule has 0 N–H and O–H groups in total. The zero-order valence-electron chi connectivity index (χ0n) is 17.5. The first-order chi connectivity index (χ1) is 15.1. The molecular weight excluding hydrogens is 446 g/mol. The molecular formula is C22H25F4N3O2S. The quantitative estimate of drug-likeness (QED) is 0.590. The molecule has 5 nitrogen and oxygen atoms in total. The number of nitrogens with zero attached hydrogens (tertiary/aromatic N) is 3. The van der Waals surface area contributed by atoms with Gasteiger partial charge in [-0.2, -0.15) is 13.2 Å². The van der Waals surface area contributed by atoms with E-state index in [1.165, 1.54) is 18.5 Å². The molecule has 32 heavy (non-hydrogen) atoms. The highest BCUT2D eigenvalue weighted by Gasteiger charge is 2.33. The predicted molar refractivity (Wildman–Crippen MR) is 112 cm³/mol. The van der Waals surface area contributed by atoms with Gasteiger partial charge < -0.3 is 4.90 Å². The monoisotopic (exact) mass is 471 g/mol. The molecule has 0 aliphatic carbocycles. The minimum absolute atomic E-state index is 0.170. The molecule has 1 aromatic carbocycles. The Morgan fingerprint density at radius 3 is 2.38 bits per heavy atom. The molecule has 2 aliphatic rings. The van der Waals surface area contributed by atoms with Crippen molar-refractivity contribution in [3.05, 3.63) is 53.2 Å². The fourth-order valence-electron chi connectivity index (χ4n) is 4.60.